The molecule has 8 bridgehead atoms. The number of aromatic nitrogens is 1. The van der Waals surface area contributed by atoms with Gasteiger partial charge in [0, 0.05) is 28.8 Å². The summed E-state index contributed by atoms with van der Waals surface area (Å²) in [5.41, 5.74) is 9.94. The van der Waals surface area contributed by atoms with E-state index in [-0.39, 0.29) is 17.1 Å². The van der Waals surface area contributed by atoms with E-state index in [9.17, 15) is 0 Å². The van der Waals surface area contributed by atoms with Crippen LogP contribution in [-0.4, -0.2) is 27.8 Å². The van der Waals surface area contributed by atoms with Crippen molar-refractivity contribution in [1.82, 2.24) is 4.98 Å². The summed E-state index contributed by atoms with van der Waals surface area (Å²) in [6.45, 7) is 2.08. The van der Waals surface area contributed by atoms with Gasteiger partial charge < -0.3 is 0 Å². The Balaban J connectivity index is 0.00000216. The predicted octanol–water partition coefficient (Wildman–Crippen LogP) is 4.89. The Labute approximate surface area is 196 Å². The minimum atomic E-state index is 0. The maximum Gasteiger partial charge on any atom is 0.0756 e. The fourth-order valence-electron chi connectivity index (χ4n) is 3.92. The van der Waals surface area contributed by atoms with Gasteiger partial charge in [-0.25, -0.2) is 20.0 Å². The molecule has 0 atom stereocenters. The quantitative estimate of drug-likeness (QED) is 0.558. The fourth-order valence-corrected chi connectivity index (χ4v) is 3.92. The molecule has 1 aromatic heterocycles. The molecule has 153 valence electrons. The number of rotatable bonds is 1. The molecule has 0 fully saturated rings. The molecule has 0 saturated carbocycles. The zero-order chi connectivity index (χ0) is 20.8. The van der Waals surface area contributed by atoms with E-state index in [1.165, 1.54) is 0 Å². The van der Waals surface area contributed by atoms with Crippen LogP contribution in [0.1, 0.15) is 12.6 Å². The molecule has 6 heteroatoms. The molecule has 5 aliphatic rings. The molecule has 5 nitrogen and oxygen atoms in total. The smallest absolute Gasteiger partial charge is 0.0756 e. The summed E-state index contributed by atoms with van der Waals surface area (Å²) in [7, 11) is 0. The zero-order valence-corrected chi connectivity index (χ0v) is 18.4. The van der Waals surface area contributed by atoms with Crippen molar-refractivity contribution in [1.29, 1.82) is 0 Å². The number of fused-ring (bicyclic) bond motifs is 4. The first-order valence-electron chi connectivity index (χ1n) is 10.1. The summed E-state index contributed by atoms with van der Waals surface area (Å²) in [4.78, 5) is 23.6. The van der Waals surface area contributed by atoms with Gasteiger partial charge >= 0.3 is 0 Å². The van der Waals surface area contributed by atoms with Crippen LogP contribution in [0.3, 0.4) is 0 Å². The fraction of sp³-hybridized carbons (Fsp3) is 0.0385. The van der Waals surface area contributed by atoms with Gasteiger partial charge in [-0.05, 0) is 85.4 Å². The van der Waals surface area contributed by atoms with E-state index in [0.717, 1.165) is 62.5 Å². The van der Waals surface area contributed by atoms with E-state index < -0.39 is 0 Å². The van der Waals surface area contributed by atoms with Crippen molar-refractivity contribution in [3.8, 4) is 0 Å². The van der Waals surface area contributed by atoms with Crippen LogP contribution in [0.5, 0.6) is 0 Å². The molecule has 6 heterocycles. The Morgan fingerprint density at radius 1 is 0.625 bits per heavy atom. The SMILES string of the molecule is CC1=C(c2ccccn2)C2=CC3=NC(=CC4=NC(=CC5=NC(=CC1=N2)C=C5)C=C4)C=C3.[Mn]. The average molecular weight is 454 g/mol. The number of hydrogen-bond acceptors (Lipinski definition) is 5. The Hall–Kier alpha value is -3.73. The van der Waals surface area contributed by atoms with Gasteiger partial charge in [0.2, 0.25) is 0 Å². The Bertz CT molecular complexity index is 1400. The molecule has 1 aromatic rings. The summed E-state index contributed by atoms with van der Waals surface area (Å²) in [5.74, 6) is 0. The van der Waals surface area contributed by atoms with Crippen molar-refractivity contribution in [3.05, 3.63) is 119 Å². The summed E-state index contributed by atoms with van der Waals surface area (Å²) < 4.78 is 0. The van der Waals surface area contributed by atoms with E-state index in [1.807, 2.05) is 79.0 Å². The minimum absolute atomic E-state index is 0. The van der Waals surface area contributed by atoms with Crippen LogP contribution in [0, 0.1) is 0 Å². The molecular formula is C26H17MnN5. The van der Waals surface area contributed by atoms with Crippen LogP contribution in [0.4, 0.5) is 0 Å². The Kier molecular flexibility index (Phi) is 5.10. The van der Waals surface area contributed by atoms with Crippen LogP contribution in [0.25, 0.3) is 5.57 Å². The van der Waals surface area contributed by atoms with Crippen molar-refractivity contribution in [2.45, 2.75) is 6.92 Å². The maximum atomic E-state index is 4.93. The number of allylic oxidation sites excluding steroid dienone is 12. The van der Waals surface area contributed by atoms with Crippen molar-refractivity contribution in [3.63, 3.8) is 0 Å². The van der Waals surface area contributed by atoms with Crippen LogP contribution in [0.15, 0.2) is 133 Å². The topological polar surface area (TPSA) is 62.3 Å². The minimum Gasteiger partial charge on any atom is -0.256 e. The third kappa shape index (κ3) is 3.71. The van der Waals surface area contributed by atoms with Gasteiger partial charge in [0.05, 0.1) is 51.3 Å². The summed E-state index contributed by atoms with van der Waals surface area (Å²) >= 11 is 0. The first-order chi connectivity index (χ1) is 15.2. The van der Waals surface area contributed by atoms with Crippen LogP contribution in [-0.2, 0) is 17.1 Å². The zero-order valence-electron chi connectivity index (χ0n) is 17.2. The third-order valence-electron chi connectivity index (χ3n) is 5.39. The van der Waals surface area contributed by atoms with Gasteiger partial charge in [-0.15, -0.1) is 0 Å². The van der Waals surface area contributed by atoms with Crippen LogP contribution >= 0.6 is 0 Å². The number of aliphatic imine (C=N–C) groups is 4. The number of hydrogen-bond donors (Lipinski definition) is 0. The summed E-state index contributed by atoms with van der Waals surface area (Å²) in [6.07, 6.45) is 21.8. The number of nitrogens with zero attached hydrogens (tertiary/aromatic N) is 5. The van der Waals surface area contributed by atoms with E-state index in [0.29, 0.717) is 0 Å². The van der Waals surface area contributed by atoms with Crippen LogP contribution < -0.4 is 0 Å². The molecule has 0 saturated heterocycles. The van der Waals surface area contributed by atoms with Crippen molar-refractivity contribution >= 4 is 28.4 Å². The van der Waals surface area contributed by atoms with Crippen molar-refractivity contribution in [2.75, 3.05) is 0 Å². The molecule has 0 amide bonds. The van der Waals surface area contributed by atoms with Crippen molar-refractivity contribution in [2.24, 2.45) is 20.0 Å². The predicted molar refractivity (Wildman–Crippen MR) is 126 cm³/mol. The Morgan fingerprint density at radius 3 is 1.81 bits per heavy atom. The van der Waals surface area contributed by atoms with Gasteiger partial charge in [-0.2, -0.15) is 0 Å². The van der Waals surface area contributed by atoms with Gasteiger partial charge in [-0.1, -0.05) is 6.07 Å². The van der Waals surface area contributed by atoms with E-state index in [1.54, 1.807) is 6.20 Å². The van der Waals surface area contributed by atoms with Gasteiger partial charge in [0.1, 0.15) is 0 Å². The molecule has 1 radical (unpaired) electrons. The van der Waals surface area contributed by atoms with Crippen LogP contribution in [0.2, 0.25) is 0 Å². The first kappa shape index (κ1) is 20.2. The first-order valence-corrected chi connectivity index (χ1v) is 10.1. The monoisotopic (exact) mass is 454 g/mol. The molecular weight excluding hydrogens is 437 g/mol. The molecule has 0 aliphatic carbocycles. The van der Waals surface area contributed by atoms with E-state index >= 15 is 0 Å². The summed E-state index contributed by atoms with van der Waals surface area (Å²) in [6, 6.07) is 5.92. The molecule has 0 N–H and O–H groups in total. The van der Waals surface area contributed by atoms with Gasteiger partial charge in [0.25, 0.3) is 0 Å². The normalized spacial score (nSPS) is 20.2. The molecule has 0 aromatic carbocycles. The summed E-state index contributed by atoms with van der Waals surface area (Å²) in [5, 5.41) is 0. The van der Waals surface area contributed by atoms with Crippen molar-refractivity contribution < 1.29 is 17.1 Å². The third-order valence-corrected chi connectivity index (χ3v) is 5.39. The molecule has 5 aliphatic heterocycles. The largest absolute Gasteiger partial charge is 0.256 e. The number of pyridine rings is 1. The second kappa shape index (κ2) is 8.08. The second-order valence-corrected chi connectivity index (χ2v) is 7.56. The average Bonchev–Trinajstić information content (AvgIpc) is 3.55. The van der Waals surface area contributed by atoms with Gasteiger partial charge in [0.15, 0.2) is 0 Å². The second-order valence-electron chi connectivity index (χ2n) is 7.56. The molecule has 0 unspecified atom stereocenters. The molecule has 6 rings (SSSR count). The molecule has 0 spiro atoms. The molecule has 32 heavy (non-hydrogen) atoms. The standard InChI is InChI=1S/C26H17N5.Mn/c1-16-24-14-21-9-7-19(29-21)12-17-5-6-18(28-17)13-20-8-10-22(30-20)15-25(31-24)26(16)23-4-2-3-11-27-23;/h2-15H,1H3;. The Morgan fingerprint density at radius 2 is 1.22 bits per heavy atom. The maximum absolute atomic E-state index is 4.93. The van der Waals surface area contributed by atoms with Gasteiger partial charge in [-0.3, -0.25) is 4.98 Å². The van der Waals surface area contributed by atoms with E-state index in [2.05, 4.69) is 16.9 Å². The van der Waals surface area contributed by atoms with E-state index in [4.69, 9.17) is 15.0 Å².